The molecule has 0 aliphatic heterocycles. The lowest BCUT2D eigenvalue weighted by atomic mass is 9.99. The molecule has 2 aromatic carbocycles. The van der Waals surface area contributed by atoms with Crippen molar-refractivity contribution in [3.8, 4) is 0 Å². The molecule has 100 valence electrons. The van der Waals surface area contributed by atoms with Gasteiger partial charge in [-0.25, -0.2) is 4.39 Å². The van der Waals surface area contributed by atoms with Gasteiger partial charge < -0.3 is 4.98 Å². The number of nitrogens with one attached hydrogen (secondary N) is 1. The van der Waals surface area contributed by atoms with Gasteiger partial charge in [-0.1, -0.05) is 12.1 Å². The van der Waals surface area contributed by atoms with Crippen molar-refractivity contribution < 1.29 is 9.18 Å². The molecule has 0 unspecified atom stereocenters. The lowest BCUT2D eigenvalue weighted by Crippen LogP contribution is -2.02. The van der Waals surface area contributed by atoms with Crippen LogP contribution in [-0.4, -0.2) is 10.8 Å². The van der Waals surface area contributed by atoms with Gasteiger partial charge in [0.05, 0.1) is 0 Å². The second-order valence-electron chi connectivity index (χ2n) is 5.05. The number of ketones is 1. The molecule has 0 amide bonds. The molecule has 3 rings (SSSR count). The van der Waals surface area contributed by atoms with E-state index in [1.165, 1.54) is 12.1 Å². The van der Waals surface area contributed by atoms with E-state index in [1.54, 1.807) is 19.2 Å². The maximum Gasteiger partial charge on any atom is 0.195 e. The topological polar surface area (TPSA) is 32.9 Å². The Morgan fingerprint density at radius 2 is 1.95 bits per heavy atom. The van der Waals surface area contributed by atoms with E-state index in [-0.39, 0.29) is 11.6 Å². The zero-order chi connectivity index (χ0) is 14.3. The second-order valence-corrected chi connectivity index (χ2v) is 5.05. The maximum atomic E-state index is 13.5. The van der Waals surface area contributed by atoms with Crippen molar-refractivity contribution in [2.45, 2.75) is 13.8 Å². The molecule has 0 saturated heterocycles. The lowest BCUT2D eigenvalue weighted by Gasteiger charge is -2.04. The van der Waals surface area contributed by atoms with E-state index in [9.17, 15) is 9.18 Å². The Balaban J connectivity index is 2.18. The van der Waals surface area contributed by atoms with E-state index in [1.807, 2.05) is 25.1 Å². The number of halogens is 1. The average molecular weight is 267 g/mol. The fourth-order valence-electron chi connectivity index (χ4n) is 2.57. The lowest BCUT2D eigenvalue weighted by molar-refractivity contribution is 0.103. The highest BCUT2D eigenvalue weighted by atomic mass is 19.1. The van der Waals surface area contributed by atoms with Crippen molar-refractivity contribution in [2.75, 3.05) is 0 Å². The van der Waals surface area contributed by atoms with Crippen LogP contribution in [0.5, 0.6) is 0 Å². The zero-order valence-electron chi connectivity index (χ0n) is 11.3. The van der Waals surface area contributed by atoms with Crippen molar-refractivity contribution in [2.24, 2.45) is 0 Å². The van der Waals surface area contributed by atoms with Crippen LogP contribution in [0.25, 0.3) is 10.9 Å². The van der Waals surface area contributed by atoms with E-state index in [2.05, 4.69) is 4.98 Å². The molecule has 1 heterocycles. The fourth-order valence-corrected chi connectivity index (χ4v) is 2.57. The van der Waals surface area contributed by atoms with Crippen molar-refractivity contribution in [1.82, 2.24) is 4.98 Å². The van der Waals surface area contributed by atoms with Crippen LogP contribution in [0, 0.1) is 19.7 Å². The summed E-state index contributed by atoms with van der Waals surface area (Å²) in [5.74, 6) is -0.543. The zero-order valence-corrected chi connectivity index (χ0v) is 11.3. The summed E-state index contributed by atoms with van der Waals surface area (Å²) in [6.45, 7) is 3.74. The third-order valence-electron chi connectivity index (χ3n) is 3.46. The molecule has 1 aromatic heterocycles. The standard InChI is InChI=1S/C17H14FNO/c1-10-6-12(8-13(18)7-10)17(20)14-9-19-15-5-3-4-11(2)16(14)15/h3-9,19H,1-2H3. The minimum absolute atomic E-state index is 0.159. The number of aryl methyl sites for hydroxylation is 2. The first kappa shape index (κ1) is 12.6. The largest absolute Gasteiger partial charge is 0.360 e. The molecule has 0 saturated carbocycles. The van der Waals surface area contributed by atoms with Crippen molar-refractivity contribution in [1.29, 1.82) is 0 Å². The van der Waals surface area contributed by atoms with E-state index in [0.717, 1.165) is 22.0 Å². The van der Waals surface area contributed by atoms with E-state index in [4.69, 9.17) is 0 Å². The van der Waals surface area contributed by atoms with Gasteiger partial charge in [0.2, 0.25) is 0 Å². The Morgan fingerprint density at radius 3 is 2.70 bits per heavy atom. The Kier molecular flexibility index (Phi) is 2.90. The third kappa shape index (κ3) is 2.01. The Labute approximate surface area is 116 Å². The highest BCUT2D eigenvalue weighted by Crippen LogP contribution is 2.25. The molecule has 0 radical (unpaired) electrons. The average Bonchev–Trinajstić information content (AvgIpc) is 2.82. The fraction of sp³-hybridized carbons (Fsp3) is 0.118. The van der Waals surface area contributed by atoms with Gasteiger partial charge in [0.25, 0.3) is 0 Å². The SMILES string of the molecule is Cc1cc(F)cc(C(=O)c2c[nH]c3cccc(C)c23)c1. The number of rotatable bonds is 2. The van der Waals surface area contributed by atoms with Crippen LogP contribution in [0.15, 0.2) is 42.6 Å². The Morgan fingerprint density at radius 1 is 1.15 bits per heavy atom. The first-order valence-electron chi connectivity index (χ1n) is 6.45. The molecular formula is C17H14FNO. The molecule has 2 nitrogen and oxygen atoms in total. The number of fused-ring (bicyclic) bond motifs is 1. The van der Waals surface area contributed by atoms with Gasteiger partial charge in [-0.15, -0.1) is 0 Å². The summed E-state index contributed by atoms with van der Waals surface area (Å²) in [7, 11) is 0. The quantitative estimate of drug-likeness (QED) is 0.695. The maximum absolute atomic E-state index is 13.5. The monoisotopic (exact) mass is 267 g/mol. The molecule has 3 heteroatoms. The van der Waals surface area contributed by atoms with Crippen LogP contribution in [0.3, 0.4) is 0 Å². The molecule has 0 fully saturated rings. The number of aromatic amines is 1. The summed E-state index contributed by atoms with van der Waals surface area (Å²) in [6.07, 6.45) is 1.69. The van der Waals surface area contributed by atoms with E-state index in [0.29, 0.717) is 11.1 Å². The predicted molar refractivity (Wildman–Crippen MR) is 77.6 cm³/mol. The Hall–Kier alpha value is -2.42. The number of hydrogen-bond donors (Lipinski definition) is 1. The molecule has 20 heavy (non-hydrogen) atoms. The molecule has 0 spiro atoms. The normalized spacial score (nSPS) is 10.9. The number of benzene rings is 2. The third-order valence-corrected chi connectivity index (χ3v) is 3.46. The van der Waals surface area contributed by atoms with Crippen LogP contribution in [0.2, 0.25) is 0 Å². The van der Waals surface area contributed by atoms with Crippen LogP contribution in [-0.2, 0) is 0 Å². The molecule has 3 aromatic rings. The second kappa shape index (κ2) is 4.60. The van der Waals surface area contributed by atoms with Gasteiger partial charge in [0.1, 0.15) is 5.82 Å². The minimum Gasteiger partial charge on any atom is -0.360 e. The highest BCUT2D eigenvalue weighted by Gasteiger charge is 2.16. The smallest absolute Gasteiger partial charge is 0.195 e. The highest BCUT2D eigenvalue weighted by molar-refractivity contribution is 6.17. The number of carbonyl (C=O) groups excluding carboxylic acids is 1. The first-order valence-corrected chi connectivity index (χ1v) is 6.45. The number of aromatic nitrogens is 1. The summed E-state index contributed by atoms with van der Waals surface area (Å²) < 4.78 is 13.5. The molecule has 0 aliphatic rings. The van der Waals surface area contributed by atoms with Crippen molar-refractivity contribution in [3.05, 3.63) is 70.7 Å². The summed E-state index contributed by atoms with van der Waals surface area (Å²) in [4.78, 5) is 15.7. The molecular weight excluding hydrogens is 253 g/mol. The summed E-state index contributed by atoms with van der Waals surface area (Å²) in [5.41, 5.74) is 3.65. The van der Waals surface area contributed by atoms with Crippen LogP contribution in [0.4, 0.5) is 4.39 Å². The molecule has 0 atom stereocenters. The van der Waals surface area contributed by atoms with Gasteiger partial charge in [0.15, 0.2) is 5.78 Å². The minimum atomic E-state index is -0.384. The molecule has 0 aliphatic carbocycles. The number of H-pyrrole nitrogens is 1. The van der Waals surface area contributed by atoms with Gasteiger partial charge in [-0.3, -0.25) is 4.79 Å². The predicted octanol–water partition coefficient (Wildman–Crippen LogP) is 4.15. The Bertz CT molecular complexity index is 797. The van der Waals surface area contributed by atoms with Gasteiger partial charge >= 0.3 is 0 Å². The summed E-state index contributed by atoms with van der Waals surface area (Å²) >= 11 is 0. The van der Waals surface area contributed by atoms with Gasteiger partial charge in [-0.2, -0.15) is 0 Å². The molecule has 0 bridgehead atoms. The van der Waals surface area contributed by atoms with E-state index >= 15 is 0 Å². The first-order chi connectivity index (χ1) is 9.56. The van der Waals surface area contributed by atoms with Crippen LogP contribution < -0.4 is 0 Å². The van der Waals surface area contributed by atoms with Crippen molar-refractivity contribution in [3.63, 3.8) is 0 Å². The van der Waals surface area contributed by atoms with Gasteiger partial charge in [-0.05, 0) is 49.2 Å². The van der Waals surface area contributed by atoms with Crippen molar-refractivity contribution >= 4 is 16.7 Å². The van der Waals surface area contributed by atoms with Crippen LogP contribution >= 0.6 is 0 Å². The van der Waals surface area contributed by atoms with E-state index < -0.39 is 0 Å². The summed E-state index contributed by atoms with van der Waals surface area (Å²) in [5, 5.41) is 0.902. The number of hydrogen-bond acceptors (Lipinski definition) is 1. The molecule has 1 N–H and O–H groups in total. The van der Waals surface area contributed by atoms with Gasteiger partial charge in [0, 0.05) is 28.2 Å². The van der Waals surface area contributed by atoms with Crippen LogP contribution in [0.1, 0.15) is 27.0 Å². The summed E-state index contributed by atoms with van der Waals surface area (Å²) in [6, 6.07) is 10.2. The number of carbonyl (C=O) groups is 1.